The largest absolute Gasteiger partial charge is 0.338 e. The monoisotopic (exact) mass is 230 g/mol. The molecule has 17 heavy (non-hydrogen) atoms. The van der Waals surface area contributed by atoms with Crippen molar-refractivity contribution in [3.8, 4) is 0 Å². The number of hydrogen-bond acceptors (Lipinski definition) is 2. The molecule has 1 N–H and O–H groups in total. The lowest BCUT2D eigenvalue weighted by molar-refractivity contribution is -0.135. The van der Waals surface area contributed by atoms with Crippen LogP contribution < -0.4 is 5.32 Å². The molecule has 0 spiro atoms. The summed E-state index contributed by atoms with van der Waals surface area (Å²) in [5.41, 5.74) is 2.72. The Labute approximate surface area is 102 Å². The molecule has 1 fully saturated rings. The average molecular weight is 230 g/mol. The van der Waals surface area contributed by atoms with Crippen molar-refractivity contribution in [2.24, 2.45) is 5.92 Å². The second kappa shape index (κ2) is 4.49. The number of amides is 1. The van der Waals surface area contributed by atoms with Gasteiger partial charge in [0.1, 0.15) is 0 Å². The normalized spacial score (nSPS) is 23.5. The first-order valence-electron chi connectivity index (χ1n) is 6.41. The molecule has 2 heterocycles. The van der Waals surface area contributed by atoms with Gasteiger partial charge in [0.05, 0.1) is 5.92 Å². The third-order valence-corrected chi connectivity index (χ3v) is 3.85. The predicted molar refractivity (Wildman–Crippen MR) is 66.5 cm³/mol. The van der Waals surface area contributed by atoms with E-state index in [1.807, 2.05) is 4.90 Å². The summed E-state index contributed by atoms with van der Waals surface area (Å²) in [5.74, 6) is 0.546. The quantitative estimate of drug-likeness (QED) is 0.785. The van der Waals surface area contributed by atoms with Crippen molar-refractivity contribution < 1.29 is 4.79 Å². The number of nitrogens with one attached hydrogen (secondary N) is 1. The fraction of sp³-hybridized carbons (Fsp3) is 0.500. The summed E-state index contributed by atoms with van der Waals surface area (Å²) >= 11 is 0. The molecule has 0 aliphatic carbocycles. The van der Waals surface area contributed by atoms with E-state index in [-0.39, 0.29) is 5.92 Å². The molecule has 1 aromatic rings. The summed E-state index contributed by atoms with van der Waals surface area (Å²) in [6.45, 7) is 3.52. The van der Waals surface area contributed by atoms with Crippen molar-refractivity contribution in [3.63, 3.8) is 0 Å². The first-order chi connectivity index (χ1) is 8.34. The van der Waals surface area contributed by atoms with Crippen LogP contribution in [0, 0.1) is 5.92 Å². The van der Waals surface area contributed by atoms with E-state index in [0.29, 0.717) is 5.91 Å². The van der Waals surface area contributed by atoms with Crippen LogP contribution in [0.15, 0.2) is 24.3 Å². The predicted octanol–water partition coefficient (Wildman–Crippen LogP) is 1.18. The molecule has 2 aliphatic heterocycles. The molecule has 0 radical (unpaired) electrons. The smallest absolute Gasteiger partial charge is 0.227 e. The maximum absolute atomic E-state index is 12.3. The number of benzene rings is 1. The van der Waals surface area contributed by atoms with Gasteiger partial charge in [-0.15, -0.1) is 0 Å². The highest BCUT2D eigenvalue weighted by molar-refractivity contribution is 5.79. The molecule has 1 aromatic carbocycles. The molecule has 1 atom stereocenters. The lowest BCUT2D eigenvalue weighted by Crippen LogP contribution is -2.40. The molecular weight excluding hydrogens is 212 g/mol. The molecule has 0 saturated carbocycles. The van der Waals surface area contributed by atoms with E-state index in [9.17, 15) is 4.79 Å². The molecule has 1 amide bonds. The van der Waals surface area contributed by atoms with E-state index in [2.05, 4.69) is 29.6 Å². The van der Waals surface area contributed by atoms with E-state index < -0.39 is 0 Å². The van der Waals surface area contributed by atoms with Crippen LogP contribution >= 0.6 is 0 Å². The van der Waals surface area contributed by atoms with E-state index in [1.54, 1.807) is 0 Å². The lowest BCUT2D eigenvalue weighted by Gasteiger charge is -2.30. The van der Waals surface area contributed by atoms with Gasteiger partial charge in [-0.2, -0.15) is 0 Å². The number of carbonyl (C=O) groups is 1. The number of rotatable bonds is 1. The summed E-state index contributed by atoms with van der Waals surface area (Å²) in [7, 11) is 0. The van der Waals surface area contributed by atoms with Crippen LogP contribution in [0.3, 0.4) is 0 Å². The van der Waals surface area contributed by atoms with Gasteiger partial charge >= 0.3 is 0 Å². The third-order valence-electron chi connectivity index (χ3n) is 3.85. The van der Waals surface area contributed by atoms with E-state index in [4.69, 9.17) is 0 Å². The van der Waals surface area contributed by atoms with Gasteiger partial charge in [0.2, 0.25) is 5.91 Å². The van der Waals surface area contributed by atoms with Gasteiger partial charge in [-0.1, -0.05) is 24.3 Å². The van der Waals surface area contributed by atoms with Crippen LogP contribution in [0.4, 0.5) is 0 Å². The summed E-state index contributed by atoms with van der Waals surface area (Å²) in [6.07, 6.45) is 2.00. The van der Waals surface area contributed by atoms with E-state index >= 15 is 0 Å². The molecule has 0 unspecified atom stereocenters. The Kier molecular flexibility index (Phi) is 2.85. The molecule has 0 bridgehead atoms. The number of nitrogens with zero attached hydrogens (tertiary/aromatic N) is 1. The number of hydrogen-bond donors (Lipinski definition) is 1. The summed E-state index contributed by atoms with van der Waals surface area (Å²) < 4.78 is 0. The van der Waals surface area contributed by atoms with Crippen LogP contribution in [0.2, 0.25) is 0 Å². The molecule has 3 rings (SSSR count). The summed E-state index contributed by atoms with van der Waals surface area (Å²) in [5, 5.41) is 3.26. The lowest BCUT2D eigenvalue weighted by atomic mass is 9.98. The van der Waals surface area contributed by atoms with Crippen molar-refractivity contribution >= 4 is 5.91 Å². The third kappa shape index (κ3) is 2.07. The second-order valence-corrected chi connectivity index (χ2v) is 4.97. The van der Waals surface area contributed by atoms with Crippen LogP contribution in [-0.2, 0) is 17.8 Å². The summed E-state index contributed by atoms with van der Waals surface area (Å²) in [6, 6.07) is 8.46. The number of fused-ring (bicyclic) bond motifs is 1. The molecule has 3 heteroatoms. The van der Waals surface area contributed by atoms with Gasteiger partial charge in [-0.3, -0.25) is 4.79 Å². The fourth-order valence-electron chi connectivity index (χ4n) is 2.81. The minimum Gasteiger partial charge on any atom is -0.338 e. The van der Waals surface area contributed by atoms with Gasteiger partial charge in [0.25, 0.3) is 0 Å². The Morgan fingerprint density at radius 2 is 2.12 bits per heavy atom. The Hall–Kier alpha value is -1.35. The Bertz CT molecular complexity index is 424. The fourth-order valence-corrected chi connectivity index (χ4v) is 2.81. The zero-order chi connectivity index (χ0) is 11.7. The first-order valence-corrected chi connectivity index (χ1v) is 6.41. The maximum Gasteiger partial charge on any atom is 0.227 e. The Morgan fingerprint density at radius 1 is 1.29 bits per heavy atom. The highest BCUT2D eigenvalue weighted by atomic mass is 16.2. The van der Waals surface area contributed by atoms with E-state index in [0.717, 1.165) is 39.0 Å². The maximum atomic E-state index is 12.3. The van der Waals surface area contributed by atoms with Crippen LogP contribution in [0.1, 0.15) is 17.5 Å². The molecular formula is C14H18N2O. The molecule has 1 saturated heterocycles. The molecule has 3 nitrogen and oxygen atoms in total. The van der Waals surface area contributed by atoms with Crippen LogP contribution in [0.25, 0.3) is 0 Å². The SMILES string of the molecule is O=C([C@@H]1CCNC1)N1CCc2ccccc2C1. The highest BCUT2D eigenvalue weighted by Crippen LogP contribution is 2.21. The van der Waals surface area contributed by atoms with Crippen LogP contribution in [-0.4, -0.2) is 30.4 Å². The zero-order valence-electron chi connectivity index (χ0n) is 9.98. The second-order valence-electron chi connectivity index (χ2n) is 4.97. The van der Waals surface area contributed by atoms with Crippen LogP contribution in [0.5, 0.6) is 0 Å². The minimum atomic E-state index is 0.209. The summed E-state index contributed by atoms with van der Waals surface area (Å²) in [4.78, 5) is 14.3. The van der Waals surface area contributed by atoms with Gasteiger partial charge in [0.15, 0.2) is 0 Å². The van der Waals surface area contributed by atoms with E-state index in [1.165, 1.54) is 11.1 Å². The van der Waals surface area contributed by atoms with Gasteiger partial charge in [-0.25, -0.2) is 0 Å². The molecule has 0 aromatic heterocycles. The van der Waals surface area contributed by atoms with Gasteiger partial charge in [-0.05, 0) is 30.5 Å². The molecule has 90 valence electrons. The van der Waals surface area contributed by atoms with Crippen molar-refractivity contribution in [1.29, 1.82) is 0 Å². The highest BCUT2D eigenvalue weighted by Gasteiger charge is 2.28. The zero-order valence-corrected chi connectivity index (χ0v) is 9.98. The standard InChI is InChI=1S/C14H18N2O/c17-14(12-5-7-15-9-12)16-8-6-11-3-1-2-4-13(11)10-16/h1-4,12,15H,5-10H2/t12-/m1/s1. The number of carbonyl (C=O) groups excluding carboxylic acids is 1. The van der Waals surface area contributed by atoms with Gasteiger partial charge in [0, 0.05) is 19.6 Å². The first kappa shape index (κ1) is 10.8. The van der Waals surface area contributed by atoms with Crippen molar-refractivity contribution in [2.45, 2.75) is 19.4 Å². The Balaban J connectivity index is 1.73. The van der Waals surface area contributed by atoms with Crippen molar-refractivity contribution in [2.75, 3.05) is 19.6 Å². The minimum absolute atomic E-state index is 0.209. The van der Waals surface area contributed by atoms with Crippen molar-refractivity contribution in [1.82, 2.24) is 10.2 Å². The topological polar surface area (TPSA) is 32.3 Å². The van der Waals surface area contributed by atoms with Crippen molar-refractivity contribution in [3.05, 3.63) is 35.4 Å². The molecule has 2 aliphatic rings. The Morgan fingerprint density at radius 3 is 2.88 bits per heavy atom. The average Bonchev–Trinajstić information content (AvgIpc) is 2.91. The van der Waals surface area contributed by atoms with Gasteiger partial charge < -0.3 is 10.2 Å².